The number of benzene rings is 1. The van der Waals surface area contributed by atoms with Crippen LogP contribution in [0.3, 0.4) is 0 Å². The molecule has 2 aromatic heterocycles. The van der Waals surface area contributed by atoms with Gasteiger partial charge in [0.2, 0.25) is 0 Å². The molecular weight excluding hydrogens is 308 g/mol. The molecule has 0 amide bonds. The molecule has 1 aromatic carbocycles. The number of carboxylic acids is 1. The zero-order valence-corrected chi connectivity index (χ0v) is 12.8. The number of carbonyl (C=O) groups is 1. The lowest BCUT2D eigenvalue weighted by molar-refractivity contribution is -0.144. The quantitative estimate of drug-likeness (QED) is 0.764. The zero-order chi connectivity index (χ0) is 16.5. The summed E-state index contributed by atoms with van der Waals surface area (Å²) in [5.41, 5.74) is 3.18. The second-order valence-corrected chi connectivity index (χ2v) is 5.77. The molecule has 3 heterocycles. The Bertz CT molecular complexity index is 856. The molecule has 24 heavy (non-hydrogen) atoms. The topological polar surface area (TPSA) is 95.2 Å². The Hall–Kier alpha value is -2.93. The maximum atomic E-state index is 11.7. The maximum Gasteiger partial charge on any atom is 0.327 e. The lowest BCUT2D eigenvalue weighted by Crippen LogP contribution is -2.39. The van der Waals surface area contributed by atoms with Gasteiger partial charge in [-0.2, -0.15) is 0 Å². The third-order valence-corrected chi connectivity index (χ3v) is 4.25. The molecule has 0 saturated heterocycles. The van der Waals surface area contributed by atoms with Crippen LogP contribution in [0.15, 0.2) is 47.2 Å². The average Bonchev–Trinajstić information content (AvgIpc) is 3.24. The van der Waals surface area contributed by atoms with Crippen LogP contribution in [0.4, 0.5) is 0 Å². The molecule has 1 aliphatic heterocycles. The van der Waals surface area contributed by atoms with E-state index in [2.05, 4.69) is 15.1 Å². The first-order valence-electron chi connectivity index (χ1n) is 7.72. The summed E-state index contributed by atoms with van der Waals surface area (Å²) in [5.74, 6) is -0.273. The summed E-state index contributed by atoms with van der Waals surface area (Å²) in [4.78, 5) is 20.7. The molecule has 0 bridgehead atoms. The second-order valence-electron chi connectivity index (χ2n) is 5.77. The molecule has 0 saturated carbocycles. The highest BCUT2D eigenvalue weighted by Crippen LogP contribution is 2.29. The van der Waals surface area contributed by atoms with E-state index >= 15 is 0 Å². The number of aromatic nitrogens is 3. The SMILES string of the molecule is O=C(O)C1c2nc[nH]c2CCN1Cc1cc(-c2ccccc2)no1. The van der Waals surface area contributed by atoms with Crippen molar-refractivity contribution in [1.29, 1.82) is 0 Å². The first kappa shape index (κ1) is 14.6. The van der Waals surface area contributed by atoms with Crippen molar-refractivity contribution in [2.45, 2.75) is 19.0 Å². The summed E-state index contributed by atoms with van der Waals surface area (Å²) >= 11 is 0. The number of fused-ring (bicyclic) bond motifs is 1. The van der Waals surface area contributed by atoms with Gasteiger partial charge in [-0.15, -0.1) is 0 Å². The van der Waals surface area contributed by atoms with Crippen LogP contribution in [-0.4, -0.2) is 37.6 Å². The van der Waals surface area contributed by atoms with E-state index in [4.69, 9.17) is 4.52 Å². The molecule has 7 nitrogen and oxygen atoms in total. The summed E-state index contributed by atoms with van der Waals surface area (Å²) in [6.07, 6.45) is 2.28. The number of hydrogen-bond donors (Lipinski definition) is 2. The molecule has 0 spiro atoms. The molecule has 122 valence electrons. The van der Waals surface area contributed by atoms with Crippen LogP contribution < -0.4 is 0 Å². The van der Waals surface area contributed by atoms with E-state index in [1.54, 1.807) is 6.33 Å². The molecule has 2 N–H and O–H groups in total. The first-order valence-corrected chi connectivity index (χ1v) is 7.72. The van der Waals surface area contributed by atoms with Crippen LogP contribution in [0.5, 0.6) is 0 Å². The third kappa shape index (κ3) is 2.59. The molecule has 1 atom stereocenters. The lowest BCUT2D eigenvalue weighted by atomic mass is 10.0. The van der Waals surface area contributed by atoms with Gasteiger partial charge >= 0.3 is 5.97 Å². The van der Waals surface area contributed by atoms with Gasteiger partial charge in [-0.05, 0) is 0 Å². The van der Waals surface area contributed by atoms with Crippen molar-refractivity contribution in [3.63, 3.8) is 0 Å². The van der Waals surface area contributed by atoms with Gasteiger partial charge in [0, 0.05) is 30.3 Å². The molecule has 4 rings (SSSR count). The van der Waals surface area contributed by atoms with Crippen LogP contribution in [-0.2, 0) is 17.8 Å². The van der Waals surface area contributed by atoms with E-state index in [-0.39, 0.29) is 0 Å². The van der Waals surface area contributed by atoms with Crippen molar-refractivity contribution in [2.75, 3.05) is 6.54 Å². The Kier molecular flexibility index (Phi) is 3.62. The fraction of sp³-hybridized carbons (Fsp3) is 0.235. The van der Waals surface area contributed by atoms with Gasteiger partial charge < -0.3 is 14.6 Å². The van der Waals surface area contributed by atoms with E-state index in [0.717, 1.165) is 23.4 Å². The summed E-state index contributed by atoms with van der Waals surface area (Å²) in [5, 5.41) is 13.7. The summed E-state index contributed by atoms with van der Waals surface area (Å²) in [6, 6.07) is 10.8. The van der Waals surface area contributed by atoms with Gasteiger partial charge in [0.1, 0.15) is 5.69 Å². The van der Waals surface area contributed by atoms with Crippen molar-refractivity contribution in [1.82, 2.24) is 20.0 Å². The van der Waals surface area contributed by atoms with Crippen LogP contribution in [0, 0.1) is 0 Å². The lowest BCUT2D eigenvalue weighted by Gasteiger charge is -2.31. The predicted octanol–water partition coefficient (Wildman–Crippen LogP) is 2.25. The minimum absolute atomic E-state index is 0.378. The Morgan fingerprint density at radius 1 is 1.38 bits per heavy atom. The molecule has 1 aliphatic rings. The molecule has 0 fully saturated rings. The molecule has 0 aliphatic carbocycles. The number of nitrogens with zero attached hydrogens (tertiary/aromatic N) is 3. The van der Waals surface area contributed by atoms with Crippen LogP contribution >= 0.6 is 0 Å². The first-order chi connectivity index (χ1) is 11.7. The number of hydrogen-bond acceptors (Lipinski definition) is 5. The Morgan fingerprint density at radius 3 is 3.00 bits per heavy atom. The molecule has 0 radical (unpaired) electrons. The van der Waals surface area contributed by atoms with Crippen molar-refractivity contribution >= 4 is 5.97 Å². The Morgan fingerprint density at radius 2 is 2.21 bits per heavy atom. The smallest absolute Gasteiger partial charge is 0.327 e. The van der Waals surface area contributed by atoms with Crippen molar-refractivity contribution < 1.29 is 14.4 Å². The number of aromatic amines is 1. The fourth-order valence-corrected chi connectivity index (χ4v) is 3.10. The van der Waals surface area contributed by atoms with Gasteiger partial charge in [-0.25, -0.2) is 4.98 Å². The fourth-order valence-electron chi connectivity index (χ4n) is 3.10. The van der Waals surface area contributed by atoms with Gasteiger partial charge in [0.15, 0.2) is 11.8 Å². The highest BCUT2D eigenvalue weighted by Gasteiger charge is 2.35. The Balaban J connectivity index is 1.57. The molecular formula is C17H16N4O3. The number of aliphatic carboxylic acids is 1. The van der Waals surface area contributed by atoms with E-state index in [1.807, 2.05) is 41.3 Å². The minimum Gasteiger partial charge on any atom is -0.480 e. The van der Waals surface area contributed by atoms with Gasteiger partial charge in [-0.3, -0.25) is 9.69 Å². The highest BCUT2D eigenvalue weighted by atomic mass is 16.5. The normalized spacial score (nSPS) is 17.6. The standard InChI is InChI=1S/C17H16N4O3/c22-17(23)16-15-13(18-10-19-15)6-7-21(16)9-12-8-14(20-24-12)11-4-2-1-3-5-11/h1-5,8,10,16H,6-7,9H2,(H,18,19)(H,22,23). The predicted molar refractivity (Wildman–Crippen MR) is 85.0 cm³/mol. The van der Waals surface area contributed by atoms with Crippen molar-refractivity contribution in [2.24, 2.45) is 0 Å². The van der Waals surface area contributed by atoms with Crippen LogP contribution in [0.1, 0.15) is 23.2 Å². The van der Waals surface area contributed by atoms with Gasteiger partial charge in [0.25, 0.3) is 0 Å². The third-order valence-electron chi connectivity index (χ3n) is 4.25. The Labute approximate surface area is 137 Å². The molecule has 7 heteroatoms. The van der Waals surface area contributed by atoms with Gasteiger partial charge in [-0.1, -0.05) is 35.5 Å². The monoisotopic (exact) mass is 324 g/mol. The van der Waals surface area contributed by atoms with E-state index in [9.17, 15) is 9.90 Å². The van der Waals surface area contributed by atoms with E-state index in [0.29, 0.717) is 24.5 Å². The van der Waals surface area contributed by atoms with Crippen LogP contribution in [0.25, 0.3) is 11.3 Å². The van der Waals surface area contributed by atoms with E-state index < -0.39 is 12.0 Å². The number of imidazole rings is 1. The number of carboxylic acid groups (broad SMARTS) is 1. The molecule has 3 aromatic rings. The largest absolute Gasteiger partial charge is 0.480 e. The van der Waals surface area contributed by atoms with Crippen molar-refractivity contribution in [3.05, 3.63) is 59.9 Å². The van der Waals surface area contributed by atoms with Crippen LogP contribution in [0.2, 0.25) is 0 Å². The highest BCUT2D eigenvalue weighted by molar-refractivity contribution is 5.75. The second kappa shape index (κ2) is 5.93. The molecule has 1 unspecified atom stereocenters. The zero-order valence-electron chi connectivity index (χ0n) is 12.8. The summed E-state index contributed by atoms with van der Waals surface area (Å²) in [6.45, 7) is 0.997. The van der Waals surface area contributed by atoms with Gasteiger partial charge in [0.05, 0.1) is 18.6 Å². The van der Waals surface area contributed by atoms with Crippen molar-refractivity contribution in [3.8, 4) is 11.3 Å². The number of H-pyrrole nitrogens is 1. The summed E-state index contributed by atoms with van der Waals surface area (Å²) < 4.78 is 5.41. The summed E-state index contributed by atoms with van der Waals surface area (Å²) in [7, 11) is 0. The number of rotatable bonds is 4. The van der Waals surface area contributed by atoms with E-state index in [1.165, 1.54) is 0 Å². The minimum atomic E-state index is -0.911. The average molecular weight is 324 g/mol. The number of nitrogens with one attached hydrogen (secondary N) is 1. The maximum absolute atomic E-state index is 11.7.